The zero-order valence-corrected chi connectivity index (χ0v) is 25.4. The third kappa shape index (κ3) is 5.69. The molecule has 6 rings (SSSR count). The van der Waals surface area contributed by atoms with Crippen molar-refractivity contribution in [2.75, 3.05) is 73.4 Å². The smallest absolute Gasteiger partial charge is 0.330 e. The van der Waals surface area contributed by atoms with Crippen molar-refractivity contribution in [2.45, 2.75) is 39.3 Å². The number of benzene rings is 2. The molecule has 11 nitrogen and oxygen atoms in total. The summed E-state index contributed by atoms with van der Waals surface area (Å²) in [4.78, 5) is 46.4. The molecule has 3 amide bonds. The number of nitrogens with one attached hydrogen (secondary N) is 1. The van der Waals surface area contributed by atoms with Gasteiger partial charge >= 0.3 is 6.03 Å². The number of aryl methyl sites for hydroxylation is 1. The van der Waals surface area contributed by atoms with E-state index in [1.165, 1.54) is 11.3 Å². The zero-order valence-electron chi connectivity index (χ0n) is 25.4. The molecule has 226 valence electrons. The second-order valence-corrected chi connectivity index (χ2v) is 11.5. The van der Waals surface area contributed by atoms with Crippen LogP contribution < -0.4 is 24.8 Å². The van der Waals surface area contributed by atoms with E-state index in [4.69, 9.17) is 9.72 Å². The molecule has 0 aliphatic carbocycles. The van der Waals surface area contributed by atoms with Gasteiger partial charge in [0.25, 0.3) is 0 Å². The largest absolute Gasteiger partial charge is 0.495 e. The normalized spacial score (nSPS) is 19.1. The summed E-state index contributed by atoms with van der Waals surface area (Å²) in [5.41, 5.74) is 4.83. The minimum absolute atomic E-state index is 0.0919. The van der Waals surface area contributed by atoms with Crippen LogP contribution in [0.15, 0.2) is 48.7 Å². The first-order valence-electron chi connectivity index (χ1n) is 15.0. The number of aromatic nitrogens is 2. The Labute approximate surface area is 253 Å². The van der Waals surface area contributed by atoms with Crippen LogP contribution >= 0.6 is 0 Å². The average Bonchev–Trinajstić information content (AvgIpc) is 3.51. The third-order valence-electron chi connectivity index (χ3n) is 8.69. The predicted octanol–water partition coefficient (Wildman–Crippen LogP) is 4.25. The fourth-order valence-corrected chi connectivity index (χ4v) is 6.27. The SMILES string of the molecule is CCC(=O)N1CC[C@H](N2C(=O)N(c3ccccc3OC)Cc3cnc(Nc4ccc(N5CCN(C)CC5)c(C)c4)nc32)C1. The fourth-order valence-electron chi connectivity index (χ4n) is 6.27. The summed E-state index contributed by atoms with van der Waals surface area (Å²) < 4.78 is 5.59. The standard InChI is InChI=1S/C32H40N8O3/c1-5-29(41)38-13-12-25(21-38)40-30-23(20-39(32(40)42)27-8-6-7-9-28(27)43-4)19-33-31(35-30)34-24-10-11-26(22(2)18-24)37-16-14-36(3)15-17-37/h6-11,18-19,25H,5,12-17,20-21H2,1-4H3,(H,33,34,35)/t25-/m0/s1. The van der Waals surface area contributed by atoms with Crippen LogP contribution in [0.5, 0.6) is 5.75 Å². The van der Waals surface area contributed by atoms with Crippen molar-refractivity contribution < 1.29 is 14.3 Å². The van der Waals surface area contributed by atoms with Crippen LogP contribution in [0.3, 0.4) is 0 Å². The molecule has 0 spiro atoms. The molecule has 2 fully saturated rings. The molecule has 3 aliphatic heterocycles. The number of likely N-dealkylation sites (tertiary alicyclic amines) is 1. The number of urea groups is 1. The average molecular weight is 585 g/mol. The lowest BCUT2D eigenvalue weighted by molar-refractivity contribution is -0.129. The number of amides is 3. The molecule has 1 aromatic heterocycles. The molecule has 43 heavy (non-hydrogen) atoms. The summed E-state index contributed by atoms with van der Waals surface area (Å²) in [7, 11) is 3.76. The van der Waals surface area contributed by atoms with Crippen molar-refractivity contribution >= 4 is 40.8 Å². The van der Waals surface area contributed by atoms with E-state index in [0.29, 0.717) is 55.7 Å². The molecule has 3 aliphatic rings. The Morgan fingerprint density at radius 2 is 1.86 bits per heavy atom. The number of anilines is 5. The molecule has 3 aromatic rings. The van der Waals surface area contributed by atoms with Crippen LogP contribution in [0.4, 0.5) is 33.6 Å². The zero-order chi connectivity index (χ0) is 30.1. The Hall–Kier alpha value is -4.38. The van der Waals surface area contributed by atoms with Crippen molar-refractivity contribution in [3.8, 4) is 5.75 Å². The van der Waals surface area contributed by atoms with Crippen LogP contribution in [-0.2, 0) is 11.3 Å². The number of piperazine rings is 1. The number of methoxy groups -OCH3 is 1. The van der Waals surface area contributed by atoms with Gasteiger partial charge in [0, 0.05) is 68.8 Å². The van der Waals surface area contributed by atoms with Crippen molar-refractivity contribution in [2.24, 2.45) is 0 Å². The van der Waals surface area contributed by atoms with Gasteiger partial charge < -0.3 is 24.8 Å². The molecule has 2 aromatic carbocycles. The van der Waals surface area contributed by atoms with Gasteiger partial charge in [-0.25, -0.2) is 9.78 Å². The van der Waals surface area contributed by atoms with Gasteiger partial charge in [0.05, 0.1) is 25.4 Å². The second kappa shape index (κ2) is 12.1. The Balaban J connectivity index is 1.30. The van der Waals surface area contributed by atoms with Crippen LogP contribution in [0.1, 0.15) is 30.9 Å². The molecule has 4 heterocycles. The van der Waals surface area contributed by atoms with Crippen LogP contribution in [0.25, 0.3) is 0 Å². The number of ether oxygens (including phenoxy) is 1. The summed E-state index contributed by atoms with van der Waals surface area (Å²) in [6, 6.07) is 13.4. The van der Waals surface area contributed by atoms with Crippen LogP contribution in [-0.4, -0.2) is 91.2 Å². The van der Waals surface area contributed by atoms with E-state index in [1.54, 1.807) is 23.1 Å². The maximum Gasteiger partial charge on any atom is 0.330 e. The summed E-state index contributed by atoms with van der Waals surface area (Å²) in [6.45, 7) is 9.52. The Morgan fingerprint density at radius 3 is 2.60 bits per heavy atom. The minimum atomic E-state index is -0.202. The third-order valence-corrected chi connectivity index (χ3v) is 8.69. The summed E-state index contributed by atoms with van der Waals surface area (Å²) in [5, 5.41) is 3.37. The number of rotatable bonds is 7. The van der Waals surface area contributed by atoms with E-state index in [2.05, 4.69) is 52.3 Å². The Bertz CT molecular complexity index is 1510. The highest BCUT2D eigenvalue weighted by Gasteiger charge is 2.41. The van der Waals surface area contributed by atoms with Crippen molar-refractivity contribution in [3.63, 3.8) is 0 Å². The van der Waals surface area contributed by atoms with Crippen molar-refractivity contribution in [3.05, 3.63) is 59.8 Å². The molecule has 0 radical (unpaired) electrons. The van der Waals surface area contributed by atoms with Gasteiger partial charge in [0.2, 0.25) is 11.9 Å². The van der Waals surface area contributed by atoms with Gasteiger partial charge in [-0.3, -0.25) is 14.6 Å². The van der Waals surface area contributed by atoms with Gasteiger partial charge in [-0.05, 0) is 56.3 Å². The first kappa shape index (κ1) is 28.7. The number of nitrogens with zero attached hydrogens (tertiary/aromatic N) is 7. The van der Waals surface area contributed by atoms with Gasteiger partial charge in [-0.1, -0.05) is 19.1 Å². The predicted molar refractivity (Wildman–Crippen MR) is 169 cm³/mol. The van der Waals surface area contributed by atoms with E-state index < -0.39 is 0 Å². The lowest BCUT2D eigenvalue weighted by atomic mass is 10.1. The molecule has 11 heteroatoms. The number of hydrogen-bond donors (Lipinski definition) is 1. The first-order valence-corrected chi connectivity index (χ1v) is 15.0. The minimum Gasteiger partial charge on any atom is -0.495 e. The fraction of sp³-hybridized carbons (Fsp3) is 0.438. The molecule has 0 bridgehead atoms. The van der Waals surface area contributed by atoms with Crippen LogP contribution in [0.2, 0.25) is 0 Å². The van der Waals surface area contributed by atoms with E-state index in [9.17, 15) is 9.59 Å². The highest BCUT2D eigenvalue weighted by molar-refractivity contribution is 6.06. The summed E-state index contributed by atoms with van der Waals surface area (Å²) in [5.74, 6) is 1.71. The molecule has 1 N–H and O–H groups in total. The molecular weight excluding hydrogens is 544 g/mol. The number of carbonyl (C=O) groups excluding carboxylic acids is 2. The van der Waals surface area contributed by atoms with E-state index in [1.807, 2.05) is 36.1 Å². The van der Waals surface area contributed by atoms with Crippen molar-refractivity contribution in [1.82, 2.24) is 19.8 Å². The second-order valence-electron chi connectivity index (χ2n) is 11.5. The highest BCUT2D eigenvalue weighted by atomic mass is 16.5. The van der Waals surface area contributed by atoms with Gasteiger partial charge in [0.15, 0.2) is 0 Å². The molecule has 2 saturated heterocycles. The van der Waals surface area contributed by atoms with Crippen LogP contribution in [0, 0.1) is 6.92 Å². The number of carbonyl (C=O) groups is 2. The van der Waals surface area contributed by atoms with E-state index >= 15 is 0 Å². The first-order chi connectivity index (χ1) is 20.9. The topological polar surface area (TPSA) is 97.4 Å². The molecule has 0 saturated carbocycles. The van der Waals surface area contributed by atoms with Crippen molar-refractivity contribution in [1.29, 1.82) is 0 Å². The number of para-hydroxylation sites is 2. The number of likely N-dealkylation sites (N-methyl/N-ethyl adjacent to an activating group) is 1. The quantitative estimate of drug-likeness (QED) is 0.441. The van der Waals surface area contributed by atoms with E-state index in [-0.39, 0.29) is 18.0 Å². The highest BCUT2D eigenvalue weighted by Crippen LogP contribution is 2.38. The number of hydrogen-bond acceptors (Lipinski definition) is 8. The maximum atomic E-state index is 14.2. The molecule has 1 atom stereocenters. The lowest BCUT2D eigenvalue weighted by Crippen LogP contribution is -2.53. The van der Waals surface area contributed by atoms with Gasteiger partial charge in [-0.15, -0.1) is 0 Å². The Kier molecular flexibility index (Phi) is 8.07. The summed E-state index contributed by atoms with van der Waals surface area (Å²) >= 11 is 0. The van der Waals surface area contributed by atoms with Gasteiger partial charge in [-0.2, -0.15) is 4.98 Å². The maximum absolute atomic E-state index is 14.2. The lowest BCUT2D eigenvalue weighted by Gasteiger charge is -2.39. The summed E-state index contributed by atoms with van der Waals surface area (Å²) in [6.07, 6.45) is 2.91. The number of fused-ring (bicyclic) bond motifs is 1. The molecule has 0 unspecified atom stereocenters. The Morgan fingerprint density at radius 1 is 1.07 bits per heavy atom. The molecular formula is C32H40N8O3. The van der Waals surface area contributed by atoms with E-state index in [0.717, 1.165) is 37.4 Å². The monoisotopic (exact) mass is 584 g/mol. The van der Waals surface area contributed by atoms with Gasteiger partial charge in [0.1, 0.15) is 11.6 Å².